The highest BCUT2D eigenvalue weighted by Crippen LogP contribution is 2.21. The molecule has 0 unspecified atom stereocenters. The van der Waals surface area contributed by atoms with Crippen molar-refractivity contribution in [3.63, 3.8) is 0 Å². The number of methoxy groups -OCH3 is 2. The lowest BCUT2D eigenvalue weighted by molar-refractivity contribution is -0.0914. The number of hydrogen-bond donors (Lipinski definition) is 1. The van der Waals surface area contributed by atoms with E-state index in [1.54, 1.807) is 14.2 Å². The van der Waals surface area contributed by atoms with Crippen LogP contribution in [0.2, 0.25) is 0 Å². The summed E-state index contributed by atoms with van der Waals surface area (Å²) in [5.74, 6) is 0.831. The molecule has 96 valence electrons. The normalized spacial score (nSPS) is 11.9. The van der Waals surface area contributed by atoms with E-state index in [0.717, 1.165) is 5.82 Å². The summed E-state index contributed by atoms with van der Waals surface area (Å²) in [5.41, 5.74) is 1.35. The van der Waals surface area contributed by atoms with Crippen molar-refractivity contribution in [2.75, 3.05) is 26.1 Å². The molecule has 4 nitrogen and oxygen atoms in total. The van der Waals surface area contributed by atoms with Crippen molar-refractivity contribution in [1.29, 1.82) is 0 Å². The molecule has 1 N–H and O–H groups in total. The van der Waals surface area contributed by atoms with Crippen molar-refractivity contribution in [3.8, 4) is 0 Å². The first kappa shape index (κ1) is 13.9. The van der Waals surface area contributed by atoms with Crippen molar-refractivity contribution < 1.29 is 9.47 Å². The lowest BCUT2D eigenvalue weighted by Gasteiger charge is -2.19. The summed E-state index contributed by atoms with van der Waals surface area (Å²) in [5, 5.41) is 3.16. The highest BCUT2D eigenvalue weighted by Gasteiger charge is 2.13. The van der Waals surface area contributed by atoms with E-state index in [1.807, 2.05) is 12.3 Å². The molecule has 1 rings (SSSR count). The lowest BCUT2D eigenvalue weighted by atomic mass is 9.88. The summed E-state index contributed by atoms with van der Waals surface area (Å²) in [6.07, 6.45) is 1.65. The Morgan fingerprint density at radius 1 is 1.24 bits per heavy atom. The lowest BCUT2D eigenvalue weighted by Crippen LogP contribution is -2.24. The van der Waals surface area contributed by atoms with Crippen LogP contribution in [0.1, 0.15) is 26.3 Å². The number of rotatable bonds is 5. The molecule has 4 heteroatoms. The van der Waals surface area contributed by atoms with Gasteiger partial charge in [-0.2, -0.15) is 0 Å². The average molecular weight is 238 g/mol. The molecule has 0 saturated heterocycles. The molecule has 0 fully saturated rings. The second kappa shape index (κ2) is 5.98. The van der Waals surface area contributed by atoms with E-state index in [1.165, 1.54) is 5.56 Å². The van der Waals surface area contributed by atoms with Gasteiger partial charge in [-0.1, -0.05) is 26.8 Å². The summed E-state index contributed by atoms with van der Waals surface area (Å²) < 4.78 is 10.2. The number of ether oxygens (including phenoxy) is 2. The quantitative estimate of drug-likeness (QED) is 0.800. The Hall–Kier alpha value is -1.13. The Labute approximate surface area is 103 Å². The van der Waals surface area contributed by atoms with Gasteiger partial charge in [-0.3, -0.25) is 0 Å². The van der Waals surface area contributed by atoms with E-state index in [9.17, 15) is 0 Å². The number of hydrogen-bond acceptors (Lipinski definition) is 4. The van der Waals surface area contributed by atoms with Gasteiger partial charge in [0.15, 0.2) is 6.29 Å². The van der Waals surface area contributed by atoms with Crippen molar-refractivity contribution in [2.24, 2.45) is 0 Å². The average Bonchev–Trinajstić information content (AvgIpc) is 2.30. The molecule has 0 bridgehead atoms. The summed E-state index contributed by atoms with van der Waals surface area (Å²) in [6, 6.07) is 4.06. The maximum absolute atomic E-state index is 5.09. The minimum atomic E-state index is -0.251. The van der Waals surface area contributed by atoms with E-state index in [4.69, 9.17) is 9.47 Å². The zero-order valence-corrected chi connectivity index (χ0v) is 11.3. The van der Waals surface area contributed by atoms with Gasteiger partial charge in [0.2, 0.25) is 0 Å². The first-order chi connectivity index (χ1) is 7.97. The Bertz CT molecular complexity index is 326. The Morgan fingerprint density at radius 3 is 2.29 bits per heavy atom. The first-order valence-corrected chi connectivity index (χ1v) is 5.73. The fraction of sp³-hybridized carbons (Fsp3) is 0.615. The number of anilines is 1. The number of pyridine rings is 1. The van der Waals surface area contributed by atoms with Gasteiger partial charge in [0, 0.05) is 20.4 Å². The highest BCUT2D eigenvalue weighted by atomic mass is 16.7. The van der Waals surface area contributed by atoms with Crippen LogP contribution in [0.5, 0.6) is 0 Å². The van der Waals surface area contributed by atoms with E-state index in [-0.39, 0.29) is 11.7 Å². The van der Waals surface area contributed by atoms with Gasteiger partial charge in [-0.25, -0.2) is 4.98 Å². The van der Waals surface area contributed by atoms with Gasteiger partial charge in [-0.05, 0) is 17.0 Å². The molecule has 0 aliphatic heterocycles. The van der Waals surface area contributed by atoms with E-state index in [0.29, 0.717) is 6.54 Å². The smallest absolute Gasteiger partial charge is 0.173 e. The zero-order chi connectivity index (χ0) is 12.9. The van der Waals surface area contributed by atoms with Crippen molar-refractivity contribution in [1.82, 2.24) is 4.98 Å². The van der Waals surface area contributed by atoms with Crippen LogP contribution in [0.3, 0.4) is 0 Å². The van der Waals surface area contributed by atoms with E-state index >= 15 is 0 Å². The molecule has 0 atom stereocenters. The van der Waals surface area contributed by atoms with Gasteiger partial charge in [0.05, 0.1) is 6.54 Å². The first-order valence-electron chi connectivity index (χ1n) is 5.73. The summed E-state index contributed by atoms with van der Waals surface area (Å²) >= 11 is 0. The number of nitrogens with one attached hydrogen (secondary N) is 1. The molecule has 0 saturated carbocycles. The third-order valence-electron chi connectivity index (χ3n) is 2.61. The molecule has 1 aromatic heterocycles. The molecule has 0 aliphatic carbocycles. The molecular weight excluding hydrogens is 216 g/mol. The molecular formula is C13H22N2O2. The monoisotopic (exact) mass is 238 g/mol. The summed E-state index contributed by atoms with van der Waals surface area (Å²) in [6.45, 7) is 7.09. The Kier molecular flexibility index (Phi) is 4.90. The third-order valence-corrected chi connectivity index (χ3v) is 2.61. The van der Waals surface area contributed by atoms with Gasteiger partial charge in [0.25, 0.3) is 0 Å². The molecule has 1 aromatic rings. The van der Waals surface area contributed by atoms with Crippen LogP contribution in [0.25, 0.3) is 0 Å². The van der Waals surface area contributed by atoms with Gasteiger partial charge in [0.1, 0.15) is 5.82 Å². The van der Waals surface area contributed by atoms with Gasteiger partial charge in [-0.15, -0.1) is 0 Å². The van der Waals surface area contributed by atoms with Crippen LogP contribution >= 0.6 is 0 Å². The van der Waals surface area contributed by atoms with Crippen LogP contribution in [0, 0.1) is 0 Å². The fourth-order valence-electron chi connectivity index (χ4n) is 1.39. The van der Waals surface area contributed by atoms with Crippen LogP contribution in [0.4, 0.5) is 5.82 Å². The van der Waals surface area contributed by atoms with E-state index < -0.39 is 0 Å². The Balaban J connectivity index is 2.57. The Morgan fingerprint density at radius 2 is 1.88 bits per heavy atom. The molecule has 0 spiro atoms. The molecule has 17 heavy (non-hydrogen) atoms. The zero-order valence-electron chi connectivity index (χ0n) is 11.3. The standard InChI is InChI=1S/C13H22N2O2/c1-13(2,3)10-6-7-11(14-8-10)15-9-12(16-4)17-5/h6-8,12H,9H2,1-5H3,(H,14,15). The highest BCUT2D eigenvalue weighted by molar-refractivity contribution is 5.37. The van der Waals surface area contributed by atoms with Gasteiger partial charge < -0.3 is 14.8 Å². The summed E-state index contributed by atoms with van der Waals surface area (Å²) in [4.78, 5) is 4.36. The number of aromatic nitrogens is 1. The molecule has 0 aliphatic rings. The number of nitrogens with zero attached hydrogens (tertiary/aromatic N) is 1. The third kappa shape index (κ3) is 4.32. The molecule has 1 heterocycles. The van der Waals surface area contributed by atoms with E-state index in [2.05, 4.69) is 37.1 Å². The molecule has 0 amide bonds. The second-order valence-electron chi connectivity index (χ2n) is 4.96. The van der Waals surface area contributed by atoms with Crippen LogP contribution in [-0.2, 0) is 14.9 Å². The van der Waals surface area contributed by atoms with Crippen LogP contribution in [-0.4, -0.2) is 32.0 Å². The maximum atomic E-state index is 5.09. The van der Waals surface area contributed by atoms with Crippen LogP contribution in [0.15, 0.2) is 18.3 Å². The predicted molar refractivity (Wildman–Crippen MR) is 69.2 cm³/mol. The molecule has 0 aromatic carbocycles. The molecule has 0 radical (unpaired) electrons. The fourth-order valence-corrected chi connectivity index (χ4v) is 1.39. The SMILES string of the molecule is COC(CNc1ccc(C(C)(C)C)cn1)OC. The largest absolute Gasteiger partial charge is 0.365 e. The van der Waals surface area contributed by atoms with Crippen molar-refractivity contribution in [3.05, 3.63) is 23.9 Å². The van der Waals surface area contributed by atoms with Crippen LogP contribution < -0.4 is 5.32 Å². The minimum Gasteiger partial charge on any atom is -0.365 e. The minimum absolute atomic E-state index is 0.132. The summed E-state index contributed by atoms with van der Waals surface area (Å²) in [7, 11) is 3.23. The second-order valence-corrected chi connectivity index (χ2v) is 4.96. The predicted octanol–water partition coefficient (Wildman–Crippen LogP) is 2.41. The topological polar surface area (TPSA) is 43.4 Å². The maximum Gasteiger partial charge on any atom is 0.173 e. The van der Waals surface area contributed by atoms with Crippen molar-refractivity contribution >= 4 is 5.82 Å². The van der Waals surface area contributed by atoms with Gasteiger partial charge >= 0.3 is 0 Å². The van der Waals surface area contributed by atoms with Crippen molar-refractivity contribution in [2.45, 2.75) is 32.5 Å².